The molecule has 0 aliphatic carbocycles. The summed E-state index contributed by atoms with van der Waals surface area (Å²) in [5, 5.41) is 0. The van der Waals surface area contributed by atoms with Gasteiger partial charge in [0.15, 0.2) is 0 Å². The maximum absolute atomic E-state index is 5.70. The van der Waals surface area contributed by atoms with E-state index in [9.17, 15) is 0 Å². The Bertz CT molecular complexity index is 129. The zero-order chi connectivity index (χ0) is 11.6. The zero-order valence-corrected chi connectivity index (χ0v) is 11.1. The normalized spacial score (nSPS) is 12.0. The number of hydrogen-bond donors (Lipinski definition) is 1. The molecule has 0 aliphatic heterocycles. The molecular weight excluding hydrogens is 182 g/mol. The molecule has 0 aliphatic rings. The van der Waals surface area contributed by atoms with Crippen molar-refractivity contribution in [2.75, 3.05) is 6.54 Å². The lowest BCUT2D eigenvalue weighted by atomic mass is 9.87. The van der Waals surface area contributed by atoms with Gasteiger partial charge in [-0.1, -0.05) is 72.1 Å². The van der Waals surface area contributed by atoms with Crippen LogP contribution < -0.4 is 5.73 Å². The summed E-state index contributed by atoms with van der Waals surface area (Å²) >= 11 is 0. The van der Waals surface area contributed by atoms with E-state index in [1.54, 1.807) is 0 Å². The van der Waals surface area contributed by atoms with Gasteiger partial charge in [-0.15, -0.1) is 0 Å². The van der Waals surface area contributed by atoms with E-state index >= 15 is 0 Å². The third kappa shape index (κ3) is 10.2. The minimum atomic E-state index is 0.363. The molecule has 0 atom stereocenters. The van der Waals surface area contributed by atoms with Crippen LogP contribution in [-0.4, -0.2) is 6.54 Å². The Morgan fingerprint density at radius 2 is 1.27 bits per heavy atom. The van der Waals surface area contributed by atoms with Gasteiger partial charge in [0, 0.05) is 0 Å². The maximum Gasteiger partial charge on any atom is -0.00258 e. The van der Waals surface area contributed by atoms with Gasteiger partial charge in [0.05, 0.1) is 0 Å². The largest absolute Gasteiger partial charge is 0.330 e. The maximum atomic E-state index is 5.70. The van der Waals surface area contributed by atoms with Crippen LogP contribution in [0, 0.1) is 5.41 Å². The number of hydrogen-bond acceptors (Lipinski definition) is 1. The van der Waals surface area contributed by atoms with Gasteiger partial charge in [-0.3, -0.25) is 0 Å². The van der Waals surface area contributed by atoms with Gasteiger partial charge in [0.25, 0.3) is 0 Å². The molecule has 92 valence electrons. The van der Waals surface area contributed by atoms with Crippen LogP contribution in [0.25, 0.3) is 0 Å². The highest BCUT2D eigenvalue weighted by atomic mass is 14.6. The Kier molecular flexibility index (Phi) is 9.18. The fourth-order valence-corrected chi connectivity index (χ4v) is 1.84. The van der Waals surface area contributed by atoms with Crippen molar-refractivity contribution in [3.8, 4) is 0 Å². The van der Waals surface area contributed by atoms with Gasteiger partial charge < -0.3 is 5.73 Å². The third-order valence-corrected chi connectivity index (χ3v) is 3.26. The average Bonchev–Trinajstić information content (AvgIpc) is 2.22. The first-order chi connectivity index (χ1) is 7.12. The Morgan fingerprint density at radius 3 is 1.73 bits per heavy atom. The van der Waals surface area contributed by atoms with Crippen LogP contribution in [0.3, 0.4) is 0 Å². The molecule has 0 heterocycles. The zero-order valence-electron chi connectivity index (χ0n) is 11.1. The molecular formula is C14H31N. The van der Waals surface area contributed by atoms with E-state index in [1.807, 2.05) is 0 Å². The van der Waals surface area contributed by atoms with Crippen molar-refractivity contribution >= 4 is 0 Å². The topological polar surface area (TPSA) is 26.0 Å². The molecule has 2 N–H and O–H groups in total. The SMILES string of the molecule is CCCCCCCCCCC(C)(C)CN. The van der Waals surface area contributed by atoms with E-state index in [2.05, 4.69) is 20.8 Å². The first-order valence-electron chi connectivity index (χ1n) is 6.82. The number of nitrogens with two attached hydrogens (primary N) is 1. The summed E-state index contributed by atoms with van der Waals surface area (Å²) < 4.78 is 0. The van der Waals surface area contributed by atoms with E-state index in [1.165, 1.54) is 57.8 Å². The smallest absolute Gasteiger partial charge is 0.00258 e. The Labute approximate surface area is 96.8 Å². The lowest BCUT2D eigenvalue weighted by molar-refractivity contribution is 0.330. The van der Waals surface area contributed by atoms with Gasteiger partial charge in [0.1, 0.15) is 0 Å². The highest BCUT2D eigenvalue weighted by molar-refractivity contribution is 4.68. The molecule has 0 fully saturated rings. The summed E-state index contributed by atoms with van der Waals surface area (Å²) in [7, 11) is 0. The number of unbranched alkanes of at least 4 members (excludes halogenated alkanes) is 7. The average molecular weight is 213 g/mol. The van der Waals surface area contributed by atoms with Crippen LogP contribution >= 0.6 is 0 Å². The number of rotatable bonds is 10. The first kappa shape index (κ1) is 15.0. The quantitative estimate of drug-likeness (QED) is 0.531. The summed E-state index contributed by atoms with van der Waals surface area (Å²) in [6.45, 7) is 7.64. The van der Waals surface area contributed by atoms with Crippen molar-refractivity contribution < 1.29 is 0 Å². The van der Waals surface area contributed by atoms with Crippen LogP contribution in [0.1, 0.15) is 78.6 Å². The molecule has 0 rings (SSSR count). The Hall–Kier alpha value is -0.0400. The summed E-state index contributed by atoms with van der Waals surface area (Å²) in [4.78, 5) is 0. The van der Waals surface area contributed by atoms with E-state index < -0.39 is 0 Å². The summed E-state index contributed by atoms with van der Waals surface area (Å²) in [6.07, 6.45) is 12.5. The molecule has 0 aromatic rings. The minimum absolute atomic E-state index is 0.363. The van der Waals surface area contributed by atoms with Gasteiger partial charge in [-0.2, -0.15) is 0 Å². The highest BCUT2D eigenvalue weighted by Crippen LogP contribution is 2.22. The third-order valence-electron chi connectivity index (χ3n) is 3.26. The lowest BCUT2D eigenvalue weighted by Crippen LogP contribution is -2.23. The van der Waals surface area contributed by atoms with Gasteiger partial charge in [-0.25, -0.2) is 0 Å². The molecule has 0 aromatic heterocycles. The van der Waals surface area contributed by atoms with Crippen molar-refractivity contribution in [1.82, 2.24) is 0 Å². The van der Waals surface area contributed by atoms with Gasteiger partial charge >= 0.3 is 0 Å². The fraction of sp³-hybridized carbons (Fsp3) is 1.00. The van der Waals surface area contributed by atoms with Crippen LogP contribution in [0.5, 0.6) is 0 Å². The monoisotopic (exact) mass is 213 g/mol. The van der Waals surface area contributed by atoms with E-state index in [0.717, 1.165) is 6.54 Å². The van der Waals surface area contributed by atoms with Gasteiger partial charge in [-0.05, 0) is 18.4 Å². The second-order valence-corrected chi connectivity index (χ2v) is 5.59. The summed E-state index contributed by atoms with van der Waals surface area (Å²) in [5.74, 6) is 0. The molecule has 1 nitrogen and oxygen atoms in total. The summed E-state index contributed by atoms with van der Waals surface area (Å²) in [6, 6.07) is 0. The van der Waals surface area contributed by atoms with Crippen molar-refractivity contribution in [2.45, 2.75) is 78.6 Å². The van der Waals surface area contributed by atoms with E-state index in [-0.39, 0.29) is 0 Å². The van der Waals surface area contributed by atoms with Gasteiger partial charge in [0.2, 0.25) is 0 Å². The molecule has 1 heteroatoms. The van der Waals surface area contributed by atoms with Crippen LogP contribution in [0.15, 0.2) is 0 Å². The predicted octanol–water partition coefficient (Wildman–Crippen LogP) is 4.50. The van der Waals surface area contributed by atoms with E-state index in [4.69, 9.17) is 5.73 Å². The molecule has 0 saturated carbocycles. The predicted molar refractivity (Wildman–Crippen MR) is 70.1 cm³/mol. The van der Waals surface area contributed by atoms with Crippen LogP contribution in [0.4, 0.5) is 0 Å². The van der Waals surface area contributed by atoms with Crippen molar-refractivity contribution in [2.24, 2.45) is 11.1 Å². The molecule has 15 heavy (non-hydrogen) atoms. The Balaban J connectivity index is 3.11. The Morgan fingerprint density at radius 1 is 0.800 bits per heavy atom. The van der Waals surface area contributed by atoms with Crippen molar-refractivity contribution in [1.29, 1.82) is 0 Å². The van der Waals surface area contributed by atoms with Crippen molar-refractivity contribution in [3.05, 3.63) is 0 Å². The second-order valence-electron chi connectivity index (χ2n) is 5.59. The molecule has 0 bridgehead atoms. The van der Waals surface area contributed by atoms with Crippen LogP contribution in [0.2, 0.25) is 0 Å². The molecule has 0 spiro atoms. The fourth-order valence-electron chi connectivity index (χ4n) is 1.84. The van der Waals surface area contributed by atoms with Crippen molar-refractivity contribution in [3.63, 3.8) is 0 Å². The molecule has 0 unspecified atom stereocenters. The molecule has 0 aromatic carbocycles. The standard InChI is InChI=1S/C14H31N/c1-4-5-6-7-8-9-10-11-12-14(2,3)13-15/h4-13,15H2,1-3H3. The molecule has 0 amide bonds. The van der Waals surface area contributed by atoms with Crippen LogP contribution in [-0.2, 0) is 0 Å². The summed E-state index contributed by atoms with van der Waals surface area (Å²) in [5.41, 5.74) is 6.07. The highest BCUT2D eigenvalue weighted by Gasteiger charge is 2.13. The first-order valence-corrected chi connectivity index (χ1v) is 6.82. The minimum Gasteiger partial charge on any atom is -0.330 e. The molecule has 0 saturated heterocycles. The lowest BCUT2D eigenvalue weighted by Gasteiger charge is -2.21. The molecule has 0 radical (unpaired) electrons. The van der Waals surface area contributed by atoms with E-state index in [0.29, 0.717) is 5.41 Å². The second kappa shape index (κ2) is 9.21.